The van der Waals surface area contributed by atoms with Gasteiger partial charge in [0.2, 0.25) is 0 Å². The van der Waals surface area contributed by atoms with E-state index in [2.05, 4.69) is 35.3 Å². The average Bonchev–Trinajstić information content (AvgIpc) is 2.50. The van der Waals surface area contributed by atoms with Crippen LogP contribution in [0.3, 0.4) is 0 Å². The molecule has 2 rings (SSSR count). The molecule has 0 radical (unpaired) electrons. The first-order chi connectivity index (χ1) is 7.34. The highest BCUT2D eigenvalue weighted by atomic mass is 15.1. The predicted octanol–water partition coefficient (Wildman–Crippen LogP) is 1.85. The Kier molecular flexibility index (Phi) is 3.75. The molecule has 15 heavy (non-hydrogen) atoms. The molecule has 0 saturated carbocycles. The van der Waals surface area contributed by atoms with Crippen LogP contribution in [0, 0.1) is 0 Å². The lowest BCUT2D eigenvalue weighted by atomic mass is 10.1. The van der Waals surface area contributed by atoms with Gasteiger partial charge in [-0.1, -0.05) is 30.4 Å². The summed E-state index contributed by atoms with van der Waals surface area (Å²) >= 11 is 0. The Bertz CT molecular complexity index is 281. The van der Waals surface area contributed by atoms with Crippen LogP contribution in [0.1, 0.15) is 19.3 Å². The summed E-state index contributed by atoms with van der Waals surface area (Å²) < 4.78 is 0. The molecular formula is C13H20N2. The lowest BCUT2D eigenvalue weighted by molar-refractivity contribution is 0.230. The number of hydrogen-bond donors (Lipinski definition) is 1. The van der Waals surface area contributed by atoms with Gasteiger partial charge in [0, 0.05) is 12.6 Å². The van der Waals surface area contributed by atoms with Crippen LogP contribution in [0.4, 0.5) is 0 Å². The predicted molar refractivity (Wildman–Crippen MR) is 64.6 cm³/mol. The summed E-state index contributed by atoms with van der Waals surface area (Å²) in [4.78, 5) is 2.50. The molecule has 1 fully saturated rings. The van der Waals surface area contributed by atoms with Crippen LogP contribution in [0.2, 0.25) is 0 Å². The van der Waals surface area contributed by atoms with Gasteiger partial charge in [-0.05, 0) is 37.9 Å². The highest BCUT2D eigenvalue weighted by Gasteiger charge is 2.15. The third-order valence-corrected chi connectivity index (χ3v) is 3.09. The van der Waals surface area contributed by atoms with Gasteiger partial charge in [-0.15, -0.1) is 0 Å². The molecule has 0 amide bonds. The van der Waals surface area contributed by atoms with Crippen molar-refractivity contribution in [2.75, 3.05) is 19.6 Å². The van der Waals surface area contributed by atoms with Gasteiger partial charge in [-0.25, -0.2) is 0 Å². The van der Waals surface area contributed by atoms with Crippen LogP contribution in [0.5, 0.6) is 0 Å². The van der Waals surface area contributed by atoms with Crippen molar-refractivity contribution in [3.8, 4) is 0 Å². The minimum Gasteiger partial charge on any atom is -0.328 e. The molecule has 0 bridgehead atoms. The lowest BCUT2D eigenvalue weighted by Crippen LogP contribution is -2.40. The fourth-order valence-electron chi connectivity index (χ4n) is 2.10. The summed E-state index contributed by atoms with van der Waals surface area (Å²) in [5.74, 6) is 0. The van der Waals surface area contributed by atoms with Crippen molar-refractivity contribution in [3.63, 3.8) is 0 Å². The van der Waals surface area contributed by atoms with Crippen LogP contribution >= 0.6 is 0 Å². The number of piperidine rings is 1. The van der Waals surface area contributed by atoms with E-state index in [1.807, 2.05) is 0 Å². The van der Waals surface area contributed by atoms with Crippen LogP contribution < -0.4 is 5.73 Å². The van der Waals surface area contributed by atoms with Crippen molar-refractivity contribution in [2.24, 2.45) is 5.73 Å². The highest BCUT2D eigenvalue weighted by Crippen LogP contribution is 2.12. The molecule has 0 unspecified atom stereocenters. The van der Waals surface area contributed by atoms with Crippen molar-refractivity contribution in [3.05, 3.63) is 36.0 Å². The minimum absolute atomic E-state index is 0.430. The SMILES string of the molecule is NC1CCN(CC2=CC=CCC=C2)CC1. The first-order valence-corrected chi connectivity index (χ1v) is 5.85. The third-order valence-electron chi connectivity index (χ3n) is 3.09. The number of allylic oxidation sites excluding steroid dienone is 4. The monoisotopic (exact) mass is 204 g/mol. The maximum absolute atomic E-state index is 5.89. The van der Waals surface area contributed by atoms with E-state index >= 15 is 0 Å². The van der Waals surface area contributed by atoms with E-state index in [1.165, 1.54) is 5.57 Å². The molecule has 1 aliphatic heterocycles. The van der Waals surface area contributed by atoms with E-state index in [4.69, 9.17) is 5.73 Å². The smallest absolute Gasteiger partial charge is 0.0233 e. The number of rotatable bonds is 2. The van der Waals surface area contributed by atoms with Gasteiger partial charge in [0.05, 0.1) is 0 Å². The third kappa shape index (κ3) is 3.33. The standard InChI is InChI=1S/C13H20N2/c14-13-7-9-15(10-8-13)11-12-5-3-1-2-4-6-12/h1,3-6,13H,2,7-11,14H2. The highest BCUT2D eigenvalue weighted by molar-refractivity contribution is 5.28. The van der Waals surface area contributed by atoms with Gasteiger partial charge < -0.3 is 5.73 Å². The fraction of sp³-hybridized carbons (Fsp3) is 0.538. The Balaban J connectivity index is 1.86. The number of nitrogens with zero attached hydrogens (tertiary/aromatic N) is 1. The maximum Gasteiger partial charge on any atom is 0.0233 e. The zero-order chi connectivity index (χ0) is 10.5. The Hall–Kier alpha value is -0.860. The molecule has 0 spiro atoms. The normalized spacial score (nSPS) is 23.9. The molecule has 0 aromatic carbocycles. The number of likely N-dealkylation sites (tertiary alicyclic amines) is 1. The summed E-state index contributed by atoms with van der Waals surface area (Å²) in [7, 11) is 0. The van der Waals surface area contributed by atoms with Crippen molar-refractivity contribution >= 4 is 0 Å². The number of hydrogen-bond acceptors (Lipinski definition) is 2. The number of nitrogens with two attached hydrogens (primary N) is 1. The fourth-order valence-corrected chi connectivity index (χ4v) is 2.10. The Morgan fingerprint density at radius 3 is 2.87 bits per heavy atom. The van der Waals surface area contributed by atoms with Gasteiger partial charge in [0.25, 0.3) is 0 Å². The van der Waals surface area contributed by atoms with E-state index in [9.17, 15) is 0 Å². The van der Waals surface area contributed by atoms with E-state index in [-0.39, 0.29) is 0 Å². The minimum atomic E-state index is 0.430. The lowest BCUT2D eigenvalue weighted by Gasteiger charge is -2.30. The average molecular weight is 204 g/mol. The second-order valence-electron chi connectivity index (χ2n) is 4.42. The first kappa shape index (κ1) is 10.7. The first-order valence-electron chi connectivity index (χ1n) is 5.85. The molecule has 2 N–H and O–H groups in total. The molecule has 0 aromatic rings. The van der Waals surface area contributed by atoms with Crippen molar-refractivity contribution in [1.29, 1.82) is 0 Å². The van der Waals surface area contributed by atoms with Gasteiger partial charge in [-0.3, -0.25) is 4.90 Å². The van der Waals surface area contributed by atoms with Gasteiger partial charge in [-0.2, -0.15) is 0 Å². The Morgan fingerprint density at radius 1 is 1.27 bits per heavy atom. The largest absolute Gasteiger partial charge is 0.328 e. The maximum atomic E-state index is 5.89. The Labute approximate surface area is 92.1 Å². The molecule has 0 atom stereocenters. The summed E-state index contributed by atoms with van der Waals surface area (Å²) in [6.07, 6.45) is 14.4. The van der Waals surface area contributed by atoms with E-state index in [0.717, 1.165) is 38.9 Å². The molecule has 2 aliphatic rings. The molecule has 1 saturated heterocycles. The van der Waals surface area contributed by atoms with Crippen LogP contribution in [-0.4, -0.2) is 30.6 Å². The van der Waals surface area contributed by atoms with Crippen LogP contribution in [0.25, 0.3) is 0 Å². The molecule has 1 aliphatic carbocycles. The van der Waals surface area contributed by atoms with Gasteiger partial charge >= 0.3 is 0 Å². The van der Waals surface area contributed by atoms with E-state index in [1.54, 1.807) is 0 Å². The van der Waals surface area contributed by atoms with Crippen molar-refractivity contribution in [1.82, 2.24) is 4.90 Å². The summed E-state index contributed by atoms with van der Waals surface area (Å²) in [5.41, 5.74) is 7.30. The summed E-state index contributed by atoms with van der Waals surface area (Å²) in [5, 5.41) is 0. The second-order valence-corrected chi connectivity index (χ2v) is 4.42. The van der Waals surface area contributed by atoms with Gasteiger partial charge in [0.15, 0.2) is 0 Å². The van der Waals surface area contributed by atoms with Crippen LogP contribution in [0.15, 0.2) is 36.0 Å². The molecule has 0 aromatic heterocycles. The zero-order valence-electron chi connectivity index (χ0n) is 9.23. The van der Waals surface area contributed by atoms with Crippen molar-refractivity contribution < 1.29 is 0 Å². The Morgan fingerprint density at radius 2 is 2.07 bits per heavy atom. The molecular weight excluding hydrogens is 184 g/mol. The topological polar surface area (TPSA) is 29.3 Å². The second kappa shape index (κ2) is 5.29. The van der Waals surface area contributed by atoms with Crippen LogP contribution in [-0.2, 0) is 0 Å². The summed E-state index contributed by atoms with van der Waals surface area (Å²) in [6.45, 7) is 3.37. The van der Waals surface area contributed by atoms with Crippen molar-refractivity contribution in [2.45, 2.75) is 25.3 Å². The molecule has 2 nitrogen and oxygen atoms in total. The van der Waals surface area contributed by atoms with Gasteiger partial charge in [0.1, 0.15) is 0 Å². The van der Waals surface area contributed by atoms with E-state index < -0.39 is 0 Å². The quantitative estimate of drug-likeness (QED) is 0.744. The molecule has 1 heterocycles. The summed E-state index contributed by atoms with van der Waals surface area (Å²) in [6, 6.07) is 0.430. The molecule has 82 valence electrons. The molecule has 2 heteroatoms. The zero-order valence-corrected chi connectivity index (χ0v) is 9.23. The van der Waals surface area contributed by atoms with E-state index in [0.29, 0.717) is 6.04 Å².